The molecule has 0 aliphatic heterocycles. The number of phenolic OH excluding ortho intramolecular Hbond substituents is 1. The number of carboxylic acid groups (broad SMARTS) is 1. The van der Waals surface area contributed by atoms with Crippen molar-refractivity contribution in [1.29, 1.82) is 0 Å². The standard InChI is InChI=1S/C14H12N2O5/c15-9-2-4-12(10(7-9)16-20)21-13-3-1-8(5-11(13)17)6-14(18)19/h1-5,7,17H,6,15H2,(H,18,19). The molecular formula is C14H12N2O5. The van der Waals surface area contributed by atoms with Crippen molar-refractivity contribution in [3.63, 3.8) is 0 Å². The molecule has 0 atom stereocenters. The number of carboxylic acids is 1. The van der Waals surface area contributed by atoms with Crippen LogP contribution in [0.25, 0.3) is 0 Å². The first-order valence-electron chi connectivity index (χ1n) is 5.94. The molecule has 21 heavy (non-hydrogen) atoms. The number of hydrogen-bond acceptors (Lipinski definition) is 6. The molecule has 4 N–H and O–H groups in total. The Morgan fingerprint density at radius 1 is 1.19 bits per heavy atom. The van der Waals surface area contributed by atoms with E-state index in [1.54, 1.807) is 0 Å². The van der Waals surface area contributed by atoms with E-state index in [1.165, 1.54) is 36.4 Å². The van der Waals surface area contributed by atoms with E-state index in [-0.39, 0.29) is 29.4 Å². The van der Waals surface area contributed by atoms with Crippen LogP contribution in [0.15, 0.2) is 41.6 Å². The molecule has 2 aromatic rings. The van der Waals surface area contributed by atoms with Gasteiger partial charge >= 0.3 is 5.97 Å². The molecule has 2 rings (SSSR count). The van der Waals surface area contributed by atoms with Crippen LogP contribution in [0.1, 0.15) is 5.56 Å². The predicted molar refractivity (Wildman–Crippen MR) is 75.8 cm³/mol. The molecule has 0 aliphatic rings. The highest BCUT2D eigenvalue weighted by Crippen LogP contribution is 2.37. The second-order valence-corrected chi connectivity index (χ2v) is 4.29. The van der Waals surface area contributed by atoms with Gasteiger partial charge in [-0.2, -0.15) is 0 Å². The minimum absolute atomic E-state index is 0.00372. The SMILES string of the molecule is Nc1ccc(Oc2ccc(CC(=O)O)cc2O)c(N=O)c1. The fraction of sp³-hybridized carbons (Fsp3) is 0.0714. The van der Waals surface area contributed by atoms with Crippen molar-refractivity contribution >= 4 is 17.3 Å². The lowest BCUT2D eigenvalue weighted by atomic mass is 10.1. The van der Waals surface area contributed by atoms with Crippen LogP contribution in [0.4, 0.5) is 11.4 Å². The van der Waals surface area contributed by atoms with Crippen molar-refractivity contribution < 1.29 is 19.7 Å². The van der Waals surface area contributed by atoms with E-state index in [0.717, 1.165) is 0 Å². The van der Waals surface area contributed by atoms with Gasteiger partial charge in [-0.05, 0) is 41.1 Å². The Balaban J connectivity index is 2.28. The van der Waals surface area contributed by atoms with Gasteiger partial charge in [-0.1, -0.05) is 6.07 Å². The van der Waals surface area contributed by atoms with E-state index < -0.39 is 5.97 Å². The average molecular weight is 288 g/mol. The number of ether oxygens (including phenoxy) is 1. The summed E-state index contributed by atoms with van der Waals surface area (Å²) in [5.41, 5.74) is 6.33. The smallest absolute Gasteiger partial charge is 0.307 e. The number of aromatic hydroxyl groups is 1. The third-order valence-electron chi connectivity index (χ3n) is 2.68. The Morgan fingerprint density at radius 2 is 1.90 bits per heavy atom. The van der Waals surface area contributed by atoms with Crippen LogP contribution in [0, 0.1) is 4.91 Å². The monoisotopic (exact) mass is 288 g/mol. The van der Waals surface area contributed by atoms with E-state index in [2.05, 4.69) is 5.18 Å². The summed E-state index contributed by atoms with van der Waals surface area (Å²) in [5, 5.41) is 21.3. The minimum atomic E-state index is -1.01. The topological polar surface area (TPSA) is 122 Å². The number of rotatable bonds is 5. The summed E-state index contributed by atoms with van der Waals surface area (Å²) >= 11 is 0. The molecule has 7 heteroatoms. The highest BCUT2D eigenvalue weighted by atomic mass is 16.5. The molecule has 0 unspecified atom stereocenters. The molecule has 0 aliphatic carbocycles. The number of benzene rings is 2. The van der Waals surface area contributed by atoms with Gasteiger partial charge in [0.2, 0.25) is 0 Å². The van der Waals surface area contributed by atoms with Gasteiger partial charge in [-0.25, -0.2) is 0 Å². The number of aliphatic carboxylic acids is 1. The van der Waals surface area contributed by atoms with Crippen LogP contribution in [0.2, 0.25) is 0 Å². The summed E-state index contributed by atoms with van der Waals surface area (Å²) < 4.78 is 5.40. The first kappa shape index (κ1) is 14.3. The van der Waals surface area contributed by atoms with E-state index in [4.69, 9.17) is 15.6 Å². The number of nitrogens with two attached hydrogens (primary N) is 1. The highest BCUT2D eigenvalue weighted by Gasteiger charge is 2.11. The summed E-state index contributed by atoms with van der Waals surface area (Å²) in [6, 6.07) is 8.54. The van der Waals surface area contributed by atoms with Crippen LogP contribution < -0.4 is 10.5 Å². The predicted octanol–water partition coefficient (Wildman–Crippen LogP) is 2.79. The molecule has 0 fully saturated rings. The first-order valence-corrected chi connectivity index (χ1v) is 5.94. The summed E-state index contributed by atoms with van der Waals surface area (Å²) in [5.74, 6) is -1.02. The molecule has 0 heterocycles. The second kappa shape index (κ2) is 5.91. The molecule has 0 amide bonds. The van der Waals surface area contributed by atoms with E-state index >= 15 is 0 Å². The molecule has 108 valence electrons. The van der Waals surface area contributed by atoms with Crippen molar-refractivity contribution in [1.82, 2.24) is 0 Å². The van der Waals surface area contributed by atoms with Crippen molar-refractivity contribution in [3.8, 4) is 17.2 Å². The van der Waals surface area contributed by atoms with Crippen molar-refractivity contribution in [3.05, 3.63) is 46.9 Å². The third-order valence-corrected chi connectivity index (χ3v) is 2.68. The van der Waals surface area contributed by atoms with Gasteiger partial charge in [0, 0.05) is 5.69 Å². The maximum absolute atomic E-state index is 10.7. The Hall–Kier alpha value is -3.09. The van der Waals surface area contributed by atoms with Gasteiger partial charge in [0.15, 0.2) is 22.9 Å². The molecule has 2 aromatic carbocycles. The molecule has 0 saturated carbocycles. The Kier molecular flexibility index (Phi) is 4.03. The molecule has 7 nitrogen and oxygen atoms in total. The molecule has 0 saturated heterocycles. The lowest BCUT2D eigenvalue weighted by Crippen LogP contribution is -1.99. The largest absolute Gasteiger partial charge is 0.504 e. The number of nitrogens with zero attached hydrogens (tertiary/aromatic N) is 1. The maximum Gasteiger partial charge on any atom is 0.307 e. The third kappa shape index (κ3) is 3.47. The Labute approximate surface area is 119 Å². The fourth-order valence-electron chi connectivity index (χ4n) is 1.74. The number of nitrogen functional groups attached to an aromatic ring is 1. The van der Waals surface area contributed by atoms with Crippen molar-refractivity contribution in [2.24, 2.45) is 5.18 Å². The van der Waals surface area contributed by atoms with Gasteiger partial charge in [-0.15, -0.1) is 4.91 Å². The average Bonchev–Trinajstić information content (AvgIpc) is 2.42. The zero-order valence-electron chi connectivity index (χ0n) is 10.8. The van der Waals surface area contributed by atoms with Crippen LogP contribution in [-0.4, -0.2) is 16.2 Å². The summed E-state index contributed by atoms with van der Waals surface area (Å²) in [4.78, 5) is 21.3. The van der Waals surface area contributed by atoms with Gasteiger partial charge in [0.25, 0.3) is 0 Å². The number of phenols is 1. The normalized spacial score (nSPS) is 10.1. The molecule has 0 aromatic heterocycles. The van der Waals surface area contributed by atoms with Gasteiger partial charge in [0.05, 0.1) is 6.42 Å². The molecular weight excluding hydrogens is 276 g/mol. The lowest BCUT2D eigenvalue weighted by Gasteiger charge is -2.10. The van der Waals surface area contributed by atoms with E-state index in [9.17, 15) is 14.8 Å². The molecule has 0 spiro atoms. The van der Waals surface area contributed by atoms with Crippen LogP contribution in [0.3, 0.4) is 0 Å². The highest BCUT2D eigenvalue weighted by molar-refractivity contribution is 5.70. The zero-order valence-corrected chi connectivity index (χ0v) is 10.8. The zero-order chi connectivity index (χ0) is 15.4. The first-order chi connectivity index (χ1) is 9.99. The molecule has 0 radical (unpaired) electrons. The van der Waals surface area contributed by atoms with Crippen molar-refractivity contribution in [2.75, 3.05) is 5.73 Å². The van der Waals surface area contributed by atoms with Gasteiger partial charge in [-0.3, -0.25) is 4.79 Å². The number of anilines is 1. The van der Waals surface area contributed by atoms with Crippen LogP contribution in [0.5, 0.6) is 17.2 Å². The van der Waals surface area contributed by atoms with Gasteiger partial charge in [0.1, 0.15) is 0 Å². The summed E-state index contributed by atoms with van der Waals surface area (Å²) in [6.45, 7) is 0. The number of hydrogen-bond donors (Lipinski definition) is 3. The van der Waals surface area contributed by atoms with E-state index in [1.807, 2.05) is 0 Å². The second-order valence-electron chi connectivity index (χ2n) is 4.29. The number of nitroso groups, excluding NO2 is 1. The summed E-state index contributed by atoms with van der Waals surface area (Å²) in [6.07, 6.45) is -0.211. The fourth-order valence-corrected chi connectivity index (χ4v) is 1.74. The molecule has 0 bridgehead atoms. The summed E-state index contributed by atoms with van der Waals surface area (Å²) in [7, 11) is 0. The van der Waals surface area contributed by atoms with Crippen molar-refractivity contribution in [2.45, 2.75) is 6.42 Å². The maximum atomic E-state index is 10.7. The lowest BCUT2D eigenvalue weighted by molar-refractivity contribution is -0.136. The Bertz CT molecular complexity index is 700. The minimum Gasteiger partial charge on any atom is -0.504 e. The van der Waals surface area contributed by atoms with Crippen LogP contribution in [-0.2, 0) is 11.2 Å². The van der Waals surface area contributed by atoms with Gasteiger partial charge < -0.3 is 20.7 Å². The van der Waals surface area contributed by atoms with Crippen LogP contribution >= 0.6 is 0 Å². The number of carbonyl (C=O) groups is 1. The Morgan fingerprint density at radius 3 is 2.52 bits per heavy atom. The quantitative estimate of drug-likeness (QED) is 0.574. The van der Waals surface area contributed by atoms with E-state index in [0.29, 0.717) is 11.3 Å².